The molecule has 1 aliphatic heterocycles. The second-order valence-electron chi connectivity index (χ2n) is 5.25. The number of carbonyl (C=O) groups excluding carboxylic acids is 1. The van der Waals surface area contributed by atoms with Gasteiger partial charge in [-0.15, -0.1) is 0 Å². The van der Waals surface area contributed by atoms with Gasteiger partial charge in [0.2, 0.25) is 5.91 Å². The molecule has 0 spiro atoms. The lowest BCUT2D eigenvalue weighted by Gasteiger charge is -2.38. The van der Waals surface area contributed by atoms with Gasteiger partial charge in [0, 0.05) is 6.54 Å². The smallest absolute Gasteiger partial charge is 0.231 e. The van der Waals surface area contributed by atoms with E-state index in [-0.39, 0.29) is 19.0 Å². The zero-order valence-corrected chi connectivity index (χ0v) is 11.2. The summed E-state index contributed by atoms with van der Waals surface area (Å²) in [6.45, 7) is 1.33. The van der Waals surface area contributed by atoms with Gasteiger partial charge in [-0.2, -0.15) is 0 Å². The van der Waals surface area contributed by atoms with Crippen LogP contribution in [-0.2, 0) is 4.79 Å². The lowest BCUT2D eigenvalue weighted by atomic mass is 9.93. The Morgan fingerprint density at radius 3 is 2.80 bits per heavy atom. The molecule has 1 aromatic carbocycles. The van der Waals surface area contributed by atoms with Crippen LogP contribution < -0.4 is 10.5 Å². The number of ether oxygens (including phenoxy) is 1. The standard InChI is InChI=1S/C14H19FN2O3/c15-11-2-4-12(5-3-11)20-10-14(19)6-1-7-17(9-14)8-13(16)18/h2-5,19H,1,6-10H2,(H2,16,18). The largest absolute Gasteiger partial charge is 0.491 e. The number of carbonyl (C=O) groups is 1. The molecule has 20 heavy (non-hydrogen) atoms. The number of halogens is 1. The van der Waals surface area contributed by atoms with E-state index in [2.05, 4.69) is 0 Å². The molecule has 3 N–H and O–H groups in total. The summed E-state index contributed by atoms with van der Waals surface area (Å²) in [5.41, 5.74) is 4.15. The van der Waals surface area contributed by atoms with Gasteiger partial charge in [-0.25, -0.2) is 4.39 Å². The molecular weight excluding hydrogens is 263 g/mol. The minimum atomic E-state index is -1.01. The normalized spacial score (nSPS) is 23.5. The van der Waals surface area contributed by atoms with Crippen LogP contribution in [0.2, 0.25) is 0 Å². The number of amides is 1. The molecule has 0 bridgehead atoms. The van der Waals surface area contributed by atoms with Crippen LogP contribution in [0.5, 0.6) is 5.75 Å². The molecule has 1 saturated heterocycles. The first-order valence-corrected chi connectivity index (χ1v) is 6.58. The van der Waals surface area contributed by atoms with Gasteiger partial charge in [-0.1, -0.05) is 0 Å². The monoisotopic (exact) mass is 282 g/mol. The highest BCUT2D eigenvalue weighted by atomic mass is 19.1. The second-order valence-corrected chi connectivity index (χ2v) is 5.25. The van der Waals surface area contributed by atoms with Crippen molar-refractivity contribution >= 4 is 5.91 Å². The van der Waals surface area contributed by atoms with Crippen LogP contribution >= 0.6 is 0 Å². The molecule has 1 atom stereocenters. The van der Waals surface area contributed by atoms with Gasteiger partial charge in [-0.05, 0) is 43.7 Å². The summed E-state index contributed by atoms with van der Waals surface area (Å²) in [7, 11) is 0. The number of nitrogens with zero attached hydrogens (tertiary/aromatic N) is 1. The van der Waals surface area contributed by atoms with Gasteiger partial charge in [-0.3, -0.25) is 9.69 Å². The van der Waals surface area contributed by atoms with Crippen LogP contribution in [0.25, 0.3) is 0 Å². The van der Waals surface area contributed by atoms with E-state index in [1.165, 1.54) is 24.3 Å². The van der Waals surface area contributed by atoms with Crippen molar-refractivity contribution in [2.75, 3.05) is 26.2 Å². The fourth-order valence-corrected chi connectivity index (χ4v) is 2.43. The third-order valence-electron chi connectivity index (χ3n) is 3.33. The third kappa shape index (κ3) is 4.18. The Hall–Kier alpha value is -1.66. The number of β-amino-alcohol motifs (C(OH)–C–C–N with tert-alkyl or cyclic N) is 1. The van der Waals surface area contributed by atoms with E-state index in [9.17, 15) is 14.3 Å². The molecule has 2 rings (SSSR count). The highest BCUT2D eigenvalue weighted by Gasteiger charge is 2.34. The van der Waals surface area contributed by atoms with Crippen molar-refractivity contribution in [3.63, 3.8) is 0 Å². The average Bonchev–Trinajstić information content (AvgIpc) is 2.37. The molecule has 1 amide bonds. The van der Waals surface area contributed by atoms with Crippen LogP contribution in [0.4, 0.5) is 4.39 Å². The number of benzene rings is 1. The van der Waals surface area contributed by atoms with Crippen molar-refractivity contribution in [3.8, 4) is 5.75 Å². The molecule has 1 fully saturated rings. The van der Waals surface area contributed by atoms with E-state index in [0.29, 0.717) is 18.7 Å². The highest BCUT2D eigenvalue weighted by Crippen LogP contribution is 2.22. The van der Waals surface area contributed by atoms with Gasteiger partial charge in [0.15, 0.2) is 0 Å². The fourth-order valence-electron chi connectivity index (χ4n) is 2.43. The van der Waals surface area contributed by atoms with Crippen LogP contribution in [0.3, 0.4) is 0 Å². The lowest BCUT2D eigenvalue weighted by molar-refractivity contribution is -0.121. The van der Waals surface area contributed by atoms with Gasteiger partial charge in [0.1, 0.15) is 23.8 Å². The molecule has 6 heteroatoms. The molecule has 0 aliphatic carbocycles. The summed E-state index contributed by atoms with van der Waals surface area (Å²) in [4.78, 5) is 12.7. The van der Waals surface area contributed by atoms with Crippen molar-refractivity contribution in [2.45, 2.75) is 18.4 Å². The first kappa shape index (κ1) is 14.7. The maximum Gasteiger partial charge on any atom is 0.231 e. The molecule has 1 unspecified atom stereocenters. The number of piperidine rings is 1. The SMILES string of the molecule is NC(=O)CN1CCCC(O)(COc2ccc(F)cc2)C1. The van der Waals surface area contributed by atoms with Gasteiger partial charge < -0.3 is 15.6 Å². The fraction of sp³-hybridized carbons (Fsp3) is 0.500. The number of rotatable bonds is 5. The number of nitrogens with two attached hydrogens (primary N) is 1. The van der Waals surface area contributed by atoms with Crippen LogP contribution in [0.1, 0.15) is 12.8 Å². The maximum absolute atomic E-state index is 12.8. The zero-order valence-electron chi connectivity index (χ0n) is 11.2. The minimum absolute atomic E-state index is 0.105. The van der Waals surface area contributed by atoms with E-state index < -0.39 is 11.5 Å². The first-order chi connectivity index (χ1) is 9.47. The predicted octanol–water partition coefficient (Wildman–Crippen LogP) is 0.517. The summed E-state index contributed by atoms with van der Waals surface area (Å²) in [6, 6.07) is 5.64. The Kier molecular flexibility index (Phi) is 4.57. The molecule has 0 saturated carbocycles. The molecule has 1 aliphatic rings. The van der Waals surface area contributed by atoms with Crippen molar-refractivity contribution in [2.24, 2.45) is 5.73 Å². The Morgan fingerprint density at radius 1 is 1.45 bits per heavy atom. The van der Waals surface area contributed by atoms with Crippen molar-refractivity contribution in [1.82, 2.24) is 4.90 Å². The summed E-state index contributed by atoms with van der Waals surface area (Å²) in [5.74, 6) is -0.234. The molecule has 0 radical (unpaired) electrons. The third-order valence-corrected chi connectivity index (χ3v) is 3.33. The summed E-state index contributed by atoms with van der Waals surface area (Å²) >= 11 is 0. The molecule has 1 aromatic rings. The Bertz CT molecular complexity index is 466. The molecule has 0 aromatic heterocycles. The molecular formula is C14H19FN2O3. The van der Waals surface area contributed by atoms with E-state index in [1.54, 1.807) is 0 Å². The van der Waals surface area contributed by atoms with Crippen LogP contribution in [-0.4, -0.2) is 47.8 Å². The van der Waals surface area contributed by atoms with E-state index in [4.69, 9.17) is 10.5 Å². The maximum atomic E-state index is 12.8. The van der Waals surface area contributed by atoms with Gasteiger partial charge >= 0.3 is 0 Å². The molecule has 5 nitrogen and oxygen atoms in total. The van der Waals surface area contributed by atoms with Gasteiger partial charge in [0.05, 0.1) is 6.54 Å². The van der Waals surface area contributed by atoms with Crippen molar-refractivity contribution in [1.29, 1.82) is 0 Å². The van der Waals surface area contributed by atoms with E-state index in [0.717, 1.165) is 13.0 Å². The van der Waals surface area contributed by atoms with E-state index >= 15 is 0 Å². The quantitative estimate of drug-likeness (QED) is 0.825. The zero-order chi connectivity index (χ0) is 14.6. The topological polar surface area (TPSA) is 75.8 Å². The molecule has 1 heterocycles. The summed E-state index contributed by atoms with van der Waals surface area (Å²) < 4.78 is 18.3. The lowest BCUT2D eigenvalue weighted by Crippen LogP contribution is -2.53. The number of hydrogen-bond donors (Lipinski definition) is 2. The number of likely N-dealkylation sites (tertiary alicyclic amines) is 1. The number of primary amides is 1. The summed E-state index contributed by atoms with van der Waals surface area (Å²) in [5, 5.41) is 10.5. The predicted molar refractivity (Wildman–Crippen MR) is 71.7 cm³/mol. The number of hydrogen-bond acceptors (Lipinski definition) is 4. The van der Waals surface area contributed by atoms with E-state index in [1.807, 2.05) is 4.90 Å². The van der Waals surface area contributed by atoms with Crippen molar-refractivity contribution < 1.29 is 19.0 Å². The van der Waals surface area contributed by atoms with Crippen LogP contribution in [0, 0.1) is 5.82 Å². The number of aliphatic hydroxyl groups is 1. The van der Waals surface area contributed by atoms with Gasteiger partial charge in [0.25, 0.3) is 0 Å². The second kappa shape index (κ2) is 6.19. The van der Waals surface area contributed by atoms with Crippen molar-refractivity contribution in [3.05, 3.63) is 30.1 Å². The Morgan fingerprint density at radius 2 is 2.15 bits per heavy atom. The average molecular weight is 282 g/mol. The highest BCUT2D eigenvalue weighted by molar-refractivity contribution is 5.75. The summed E-state index contributed by atoms with van der Waals surface area (Å²) in [6.07, 6.45) is 1.38. The first-order valence-electron chi connectivity index (χ1n) is 6.58. The van der Waals surface area contributed by atoms with Crippen LogP contribution in [0.15, 0.2) is 24.3 Å². The molecule has 110 valence electrons. The minimum Gasteiger partial charge on any atom is -0.491 e. The Labute approximate surface area is 117 Å². The Balaban J connectivity index is 1.89.